The predicted octanol–water partition coefficient (Wildman–Crippen LogP) is 0.583. The van der Waals surface area contributed by atoms with E-state index in [-0.39, 0.29) is 18.0 Å². The van der Waals surface area contributed by atoms with Gasteiger partial charge in [-0.1, -0.05) is 19.0 Å². The van der Waals surface area contributed by atoms with Gasteiger partial charge in [0.2, 0.25) is 5.89 Å². The Labute approximate surface area is 134 Å². The van der Waals surface area contributed by atoms with E-state index in [1.165, 1.54) is 4.68 Å². The molecule has 1 saturated heterocycles. The molecule has 0 radical (unpaired) electrons. The van der Waals surface area contributed by atoms with Crippen LogP contribution in [0.1, 0.15) is 37.9 Å². The van der Waals surface area contributed by atoms with Gasteiger partial charge >= 0.3 is 0 Å². The Morgan fingerprint density at radius 2 is 2.30 bits per heavy atom. The van der Waals surface area contributed by atoms with Crippen molar-refractivity contribution in [1.29, 1.82) is 0 Å². The fourth-order valence-electron chi connectivity index (χ4n) is 2.67. The lowest BCUT2D eigenvalue weighted by Crippen LogP contribution is -2.27. The Hall–Kier alpha value is -2.22. The highest BCUT2D eigenvalue weighted by Gasteiger charge is 2.22. The fraction of sp³-hybridized carbons (Fsp3) is 0.600. The zero-order valence-corrected chi connectivity index (χ0v) is 13.5. The van der Waals surface area contributed by atoms with Crippen LogP contribution >= 0.6 is 0 Å². The van der Waals surface area contributed by atoms with E-state index in [0.29, 0.717) is 24.2 Å². The quantitative estimate of drug-likeness (QED) is 0.860. The van der Waals surface area contributed by atoms with Crippen LogP contribution in [-0.4, -0.2) is 39.6 Å². The SMILES string of the molecule is CC(C)c1noc(Cn2ncc(N3CCC(CN)C3)cc2=O)n1. The summed E-state index contributed by atoms with van der Waals surface area (Å²) in [6, 6.07) is 1.60. The van der Waals surface area contributed by atoms with Gasteiger partial charge in [0.25, 0.3) is 5.56 Å². The molecule has 1 unspecified atom stereocenters. The molecule has 3 rings (SSSR count). The van der Waals surface area contributed by atoms with Crippen LogP contribution in [-0.2, 0) is 6.54 Å². The van der Waals surface area contributed by atoms with Crippen LogP contribution in [0.5, 0.6) is 0 Å². The molecule has 0 aromatic carbocycles. The molecule has 1 aliphatic rings. The van der Waals surface area contributed by atoms with Gasteiger partial charge in [0, 0.05) is 25.1 Å². The molecule has 3 heterocycles. The first kappa shape index (κ1) is 15.7. The van der Waals surface area contributed by atoms with Gasteiger partial charge in [0.1, 0.15) is 6.54 Å². The van der Waals surface area contributed by atoms with Crippen molar-refractivity contribution in [1.82, 2.24) is 19.9 Å². The van der Waals surface area contributed by atoms with Gasteiger partial charge in [0.15, 0.2) is 5.82 Å². The van der Waals surface area contributed by atoms with Crippen LogP contribution in [0.25, 0.3) is 0 Å². The van der Waals surface area contributed by atoms with Gasteiger partial charge in [-0.25, -0.2) is 4.68 Å². The number of rotatable bonds is 5. The monoisotopic (exact) mass is 318 g/mol. The van der Waals surface area contributed by atoms with E-state index < -0.39 is 0 Å². The third-order valence-electron chi connectivity index (χ3n) is 4.12. The summed E-state index contributed by atoms with van der Waals surface area (Å²) >= 11 is 0. The first-order valence-electron chi connectivity index (χ1n) is 7.91. The maximum absolute atomic E-state index is 12.3. The maximum Gasteiger partial charge on any atom is 0.269 e. The van der Waals surface area contributed by atoms with Crippen LogP contribution in [0.2, 0.25) is 0 Å². The van der Waals surface area contributed by atoms with Gasteiger partial charge in [-0.2, -0.15) is 10.1 Å². The number of anilines is 1. The molecule has 2 aromatic rings. The molecule has 2 aromatic heterocycles. The Balaban J connectivity index is 1.73. The van der Waals surface area contributed by atoms with E-state index in [9.17, 15) is 4.79 Å². The zero-order valence-electron chi connectivity index (χ0n) is 13.5. The van der Waals surface area contributed by atoms with Gasteiger partial charge < -0.3 is 15.2 Å². The topological polar surface area (TPSA) is 103 Å². The number of nitrogens with zero attached hydrogens (tertiary/aromatic N) is 5. The third-order valence-corrected chi connectivity index (χ3v) is 4.12. The molecule has 8 heteroatoms. The molecule has 1 fully saturated rings. The van der Waals surface area contributed by atoms with Crippen molar-refractivity contribution in [3.8, 4) is 0 Å². The molecule has 124 valence electrons. The molecule has 0 amide bonds. The average Bonchev–Trinajstić information content (AvgIpc) is 3.18. The molecular formula is C15H22N6O2. The van der Waals surface area contributed by atoms with Crippen LogP contribution in [0.3, 0.4) is 0 Å². The largest absolute Gasteiger partial charge is 0.370 e. The van der Waals surface area contributed by atoms with Crippen molar-refractivity contribution in [2.24, 2.45) is 11.7 Å². The van der Waals surface area contributed by atoms with Gasteiger partial charge in [-0.05, 0) is 18.9 Å². The van der Waals surface area contributed by atoms with E-state index in [4.69, 9.17) is 10.3 Å². The summed E-state index contributed by atoms with van der Waals surface area (Å²) in [6.45, 7) is 6.62. The highest BCUT2D eigenvalue weighted by atomic mass is 16.5. The van der Waals surface area contributed by atoms with Gasteiger partial charge in [-0.15, -0.1) is 0 Å². The molecule has 1 aliphatic heterocycles. The highest BCUT2D eigenvalue weighted by molar-refractivity contribution is 5.44. The number of aromatic nitrogens is 4. The molecule has 0 bridgehead atoms. The molecular weight excluding hydrogens is 296 g/mol. The average molecular weight is 318 g/mol. The highest BCUT2D eigenvalue weighted by Crippen LogP contribution is 2.21. The van der Waals surface area contributed by atoms with Crippen LogP contribution in [0.15, 0.2) is 21.6 Å². The smallest absolute Gasteiger partial charge is 0.269 e. The van der Waals surface area contributed by atoms with Crippen molar-refractivity contribution >= 4 is 5.69 Å². The molecule has 1 atom stereocenters. The molecule has 0 saturated carbocycles. The van der Waals surface area contributed by atoms with E-state index in [0.717, 1.165) is 25.2 Å². The minimum Gasteiger partial charge on any atom is -0.370 e. The number of hydrogen-bond donors (Lipinski definition) is 1. The van der Waals surface area contributed by atoms with Gasteiger partial charge in [-0.3, -0.25) is 4.79 Å². The molecule has 0 aliphatic carbocycles. The first-order chi connectivity index (χ1) is 11.1. The molecule has 23 heavy (non-hydrogen) atoms. The van der Waals surface area contributed by atoms with E-state index >= 15 is 0 Å². The van der Waals surface area contributed by atoms with Crippen LogP contribution in [0, 0.1) is 5.92 Å². The third kappa shape index (κ3) is 3.42. The minimum absolute atomic E-state index is 0.178. The summed E-state index contributed by atoms with van der Waals surface area (Å²) in [4.78, 5) is 18.7. The Kier molecular flexibility index (Phi) is 4.42. The first-order valence-corrected chi connectivity index (χ1v) is 7.91. The standard InChI is InChI=1S/C15H22N6O2/c1-10(2)15-18-13(23-19-15)9-21-14(22)5-12(7-17-21)20-4-3-11(6-16)8-20/h5,7,10-11H,3-4,6,8-9,16H2,1-2H3. The van der Waals surface area contributed by atoms with E-state index in [1.807, 2.05) is 13.8 Å². The Morgan fingerprint density at radius 3 is 2.91 bits per heavy atom. The predicted molar refractivity (Wildman–Crippen MR) is 85.4 cm³/mol. The normalized spacial score (nSPS) is 18.1. The minimum atomic E-state index is -0.178. The maximum atomic E-state index is 12.3. The Bertz CT molecular complexity index is 723. The summed E-state index contributed by atoms with van der Waals surface area (Å²) in [7, 11) is 0. The van der Waals surface area contributed by atoms with Crippen LogP contribution < -0.4 is 16.2 Å². The summed E-state index contributed by atoms with van der Waals surface area (Å²) in [6.07, 6.45) is 2.76. The lowest BCUT2D eigenvalue weighted by Gasteiger charge is -2.17. The van der Waals surface area contributed by atoms with Crippen molar-refractivity contribution in [3.63, 3.8) is 0 Å². The summed E-state index contributed by atoms with van der Waals surface area (Å²) < 4.78 is 6.49. The molecule has 8 nitrogen and oxygen atoms in total. The second-order valence-electron chi connectivity index (χ2n) is 6.25. The van der Waals surface area contributed by atoms with Crippen molar-refractivity contribution < 1.29 is 4.52 Å². The van der Waals surface area contributed by atoms with E-state index in [2.05, 4.69) is 20.1 Å². The second kappa shape index (κ2) is 6.49. The van der Waals surface area contributed by atoms with Crippen molar-refractivity contribution in [2.75, 3.05) is 24.5 Å². The zero-order chi connectivity index (χ0) is 16.4. The fourth-order valence-corrected chi connectivity index (χ4v) is 2.67. The number of hydrogen-bond acceptors (Lipinski definition) is 7. The summed E-state index contributed by atoms with van der Waals surface area (Å²) in [5.74, 6) is 1.70. The lowest BCUT2D eigenvalue weighted by atomic mass is 10.1. The lowest BCUT2D eigenvalue weighted by molar-refractivity contribution is 0.357. The Morgan fingerprint density at radius 1 is 1.48 bits per heavy atom. The van der Waals surface area contributed by atoms with Crippen molar-refractivity contribution in [2.45, 2.75) is 32.7 Å². The molecule has 2 N–H and O–H groups in total. The van der Waals surface area contributed by atoms with Gasteiger partial charge in [0.05, 0.1) is 11.9 Å². The second-order valence-corrected chi connectivity index (χ2v) is 6.25. The van der Waals surface area contributed by atoms with Crippen molar-refractivity contribution in [3.05, 3.63) is 34.3 Å². The number of nitrogens with two attached hydrogens (primary N) is 1. The molecule has 0 spiro atoms. The summed E-state index contributed by atoms with van der Waals surface area (Å²) in [5.41, 5.74) is 6.37. The van der Waals surface area contributed by atoms with Crippen LogP contribution in [0.4, 0.5) is 5.69 Å². The summed E-state index contributed by atoms with van der Waals surface area (Å²) in [5, 5.41) is 8.12. The van der Waals surface area contributed by atoms with E-state index in [1.54, 1.807) is 12.3 Å².